The molecular weight excluding hydrogens is 355 g/mol. The van der Waals surface area contributed by atoms with E-state index in [1.54, 1.807) is 30.3 Å². The number of benzene rings is 2. The van der Waals surface area contributed by atoms with Crippen molar-refractivity contribution in [3.05, 3.63) is 58.9 Å². The Morgan fingerprint density at radius 3 is 2.46 bits per heavy atom. The fourth-order valence-corrected chi connectivity index (χ4v) is 2.76. The molecule has 0 aliphatic heterocycles. The van der Waals surface area contributed by atoms with Gasteiger partial charge in [-0.15, -0.1) is 0 Å². The van der Waals surface area contributed by atoms with Gasteiger partial charge in [-0.25, -0.2) is 4.39 Å². The number of carbonyl (C=O) groups is 1. The van der Waals surface area contributed by atoms with Gasteiger partial charge in [0.15, 0.2) is 0 Å². The number of amides is 1. The Kier molecular flexibility index (Phi) is 7.88. The number of nitrogens with one attached hydrogen (secondary N) is 1. The Hall–Kier alpha value is -2.11. The fraction of sp³-hybridized carbons (Fsp3) is 0.350. The van der Waals surface area contributed by atoms with Gasteiger partial charge in [-0.1, -0.05) is 31.5 Å². The number of hydrogen-bond acceptors (Lipinski definition) is 3. The van der Waals surface area contributed by atoms with Crippen LogP contribution in [0.2, 0.25) is 5.02 Å². The highest BCUT2D eigenvalue weighted by molar-refractivity contribution is 6.31. The first kappa shape index (κ1) is 20.2. The Bertz CT molecular complexity index is 698. The highest BCUT2D eigenvalue weighted by Crippen LogP contribution is 2.21. The predicted octanol–water partition coefficient (Wildman–Crippen LogP) is 4.38. The standard InChI is InChI=1S/C20H24ClFN2O2/c1-3-24(4-2)12-13-26-16-10-8-15(9-11-16)23-20(25)14-17-18(21)6-5-7-19(17)22/h5-11H,3-4,12-14H2,1-2H3,(H,23,25). The van der Waals surface area contributed by atoms with Gasteiger partial charge in [-0.05, 0) is 49.5 Å². The van der Waals surface area contributed by atoms with Gasteiger partial charge in [0.2, 0.25) is 5.91 Å². The fourth-order valence-electron chi connectivity index (χ4n) is 2.53. The molecule has 0 saturated carbocycles. The zero-order valence-electron chi connectivity index (χ0n) is 15.1. The monoisotopic (exact) mass is 378 g/mol. The van der Waals surface area contributed by atoms with Crippen molar-refractivity contribution < 1.29 is 13.9 Å². The third-order valence-corrected chi connectivity index (χ3v) is 4.46. The van der Waals surface area contributed by atoms with Gasteiger partial charge < -0.3 is 15.0 Å². The Morgan fingerprint density at radius 2 is 1.85 bits per heavy atom. The third-order valence-electron chi connectivity index (χ3n) is 4.11. The smallest absolute Gasteiger partial charge is 0.228 e. The normalized spacial score (nSPS) is 10.8. The number of likely N-dealkylation sites (N-methyl/N-ethyl adjacent to an activating group) is 1. The summed E-state index contributed by atoms with van der Waals surface area (Å²) < 4.78 is 19.5. The molecule has 140 valence electrons. The van der Waals surface area contributed by atoms with Crippen molar-refractivity contribution in [1.29, 1.82) is 0 Å². The van der Waals surface area contributed by atoms with E-state index in [4.69, 9.17) is 16.3 Å². The van der Waals surface area contributed by atoms with Crippen LogP contribution in [0.3, 0.4) is 0 Å². The van der Waals surface area contributed by atoms with E-state index >= 15 is 0 Å². The maximum atomic E-state index is 13.7. The van der Waals surface area contributed by atoms with Crippen molar-refractivity contribution in [2.45, 2.75) is 20.3 Å². The molecule has 2 rings (SSSR count). The van der Waals surface area contributed by atoms with Crippen LogP contribution < -0.4 is 10.1 Å². The molecule has 1 N–H and O–H groups in total. The number of hydrogen-bond donors (Lipinski definition) is 1. The minimum absolute atomic E-state index is 0.117. The number of ether oxygens (including phenoxy) is 1. The quantitative estimate of drug-likeness (QED) is 0.704. The Morgan fingerprint density at radius 1 is 1.15 bits per heavy atom. The van der Waals surface area contributed by atoms with Crippen LogP contribution in [0.1, 0.15) is 19.4 Å². The molecule has 0 aliphatic rings. The second-order valence-electron chi connectivity index (χ2n) is 5.82. The molecule has 26 heavy (non-hydrogen) atoms. The van der Waals surface area contributed by atoms with E-state index in [-0.39, 0.29) is 22.9 Å². The molecule has 0 atom stereocenters. The largest absolute Gasteiger partial charge is 0.492 e. The molecule has 2 aromatic rings. The molecule has 0 fully saturated rings. The van der Waals surface area contributed by atoms with Crippen LogP contribution in [0.25, 0.3) is 0 Å². The van der Waals surface area contributed by atoms with E-state index in [9.17, 15) is 9.18 Å². The number of halogens is 2. The first-order valence-electron chi connectivity index (χ1n) is 8.71. The van der Waals surface area contributed by atoms with Crippen LogP contribution in [-0.4, -0.2) is 37.0 Å². The van der Waals surface area contributed by atoms with Crippen molar-refractivity contribution in [3.8, 4) is 5.75 Å². The van der Waals surface area contributed by atoms with E-state index in [2.05, 4.69) is 24.1 Å². The predicted molar refractivity (Wildman–Crippen MR) is 103 cm³/mol. The van der Waals surface area contributed by atoms with Crippen molar-refractivity contribution in [3.63, 3.8) is 0 Å². The highest BCUT2D eigenvalue weighted by Gasteiger charge is 2.12. The van der Waals surface area contributed by atoms with Gasteiger partial charge in [0, 0.05) is 22.8 Å². The summed E-state index contributed by atoms with van der Waals surface area (Å²) in [6.45, 7) is 7.71. The van der Waals surface area contributed by atoms with Crippen LogP contribution >= 0.6 is 11.6 Å². The summed E-state index contributed by atoms with van der Waals surface area (Å²) in [5.41, 5.74) is 0.821. The van der Waals surface area contributed by atoms with Crippen molar-refractivity contribution >= 4 is 23.2 Å². The van der Waals surface area contributed by atoms with Gasteiger partial charge in [0.05, 0.1) is 6.42 Å². The first-order valence-corrected chi connectivity index (χ1v) is 9.09. The van der Waals surface area contributed by atoms with Crippen molar-refractivity contribution in [2.75, 3.05) is 31.6 Å². The minimum atomic E-state index is -0.482. The van der Waals surface area contributed by atoms with Gasteiger partial charge in [-0.3, -0.25) is 4.79 Å². The van der Waals surface area contributed by atoms with Gasteiger partial charge in [-0.2, -0.15) is 0 Å². The molecule has 1 amide bonds. The van der Waals surface area contributed by atoms with Crippen molar-refractivity contribution in [1.82, 2.24) is 4.90 Å². The molecule has 0 saturated heterocycles. The zero-order chi connectivity index (χ0) is 18.9. The summed E-state index contributed by atoms with van der Waals surface area (Å²) in [4.78, 5) is 14.4. The number of anilines is 1. The molecule has 0 unspecified atom stereocenters. The molecule has 0 spiro atoms. The molecule has 2 aromatic carbocycles. The molecular formula is C20H24ClFN2O2. The van der Waals surface area contributed by atoms with Gasteiger partial charge in [0.25, 0.3) is 0 Å². The van der Waals surface area contributed by atoms with E-state index in [0.717, 1.165) is 25.4 Å². The van der Waals surface area contributed by atoms with Crippen LogP contribution in [0.5, 0.6) is 5.75 Å². The third kappa shape index (κ3) is 6.00. The lowest BCUT2D eigenvalue weighted by atomic mass is 10.1. The summed E-state index contributed by atoms with van der Waals surface area (Å²) in [7, 11) is 0. The van der Waals surface area contributed by atoms with Crippen LogP contribution in [-0.2, 0) is 11.2 Å². The number of rotatable bonds is 9. The first-order chi connectivity index (χ1) is 12.5. The van der Waals surface area contributed by atoms with E-state index in [0.29, 0.717) is 12.3 Å². The molecule has 0 aliphatic carbocycles. The molecule has 0 aromatic heterocycles. The summed E-state index contributed by atoms with van der Waals surface area (Å²) in [6.07, 6.45) is -0.117. The Labute approximate surface area is 158 Å². The van der Waals surface area contributed by atoms with E-state index in [1.807, 2.05) is 0 Å². The second kappa shape index (κ2) is 10.1. The topological polar surface area (TPSA) is 41.6 Å². The maximum absolute atomic E-state index is 13.7. The number of carbonyl (C=O) groups excluding carboxylic acids is 1. The van der Waals surface area contributed by atoms with Crippen LogP contribution in [0.15, 0.2) is 42.5 Å². The summed E-state index contributed by atoms with van der Waals surface area (Å²) >= 11 is 5.95. The summed E-state index contributed by atoms with van der Waals surface area (Å²) in [5.74, 6) is -0.0656. The molecule has 4 nitrogen and oxygen atoms in total. The summed E-state index contributed by atoms with van der Waals surface area (Å²) in [5, 5.41) is 2.98. The maximum Gasteiger partial charge on any atom is 0.228 e. The van der Waals surface area contributed by atoms with Gasteiger partial charge >= 0.3 is 0 Å². The lowest BCUT2D eigenvalue weighted by molar-refractivity contribution is -0.115. The average Bonchev–Trinajstić information content (AvgIpc) is 2.63. The molecule has 0 bridgehead atoms. The van der Waals surface area contributed by atoms with Crippen molar-refractivity contribution in [2.24, 2.45) is 0 Å². The summed E-state index contributed by atoms with van der Waals surface area (Å²) in [6, 6.07) is 11.5. The van der Waals surface area contributed by atoms with Crippen LogP contribution in [0, 0.1) is 5.82 Å². The second-order valence-corrected chi connectivity index (χ2v) is 6.23. The van der Waals surface area contributed by atoms with Gasteiger partial charge in [0.1, 0.15) is 18.2 Å². The molecule has 0 heterocycles. The minimum Gasteiger partial charge on any atom is -0.492 e. The number of nitrogens with zero attached hydrogens (tertiary/aromatic N) is 1. The Balaban J connectivity index is 1.85. The van der Waals surface area contributed by atoms with E-state index < -0.39 is 5.82 Å². The SMILES string of the molecule is CCN(CC)CCOc1ccc(NC(=O)Cc2c(F)cccc2Cl)cc1. The molecule has 6 heteroatoms. The lowest BCUT2D eigenvalue weighted by Gasteiger charge is -2.18. The lowest BCUT2D eigenvalue weighted by Crippen LogP contribution is -2.27. The average molecular weight is 379 g/mol. The highest BCUT2D eigenvalue weighted by atomic mass is 35.5. The van der Waals surface area contributed by atoms with E-state index in [1.165, 1.54) is 12.1 Å². The zero-order valence-corrected chi connectivity index (χ0v) is 15.9. The van der Waals surface area contributed by atoms with Crippen LogP contribution in [0.4, 0.5) is 10.1 Å². The molecule has 0 radical (unpaired) electrons.